The first-order valence-corrected chi connectivity index (χ1v) is 16.0. The number of ether oxygens (including phenoxy) is 1. The van der Waals surface area contributed by atoms with Crippen molar-refractivity contribution in [3.63, 3.8) is 0 Å². The molecule has 6 rings (SSSR count). The molecular formula is C31H28N8O8S. The van der Waals surface area contributed by atoms with Gasteiger partial charge < -0.3 is 19.5 Å². The summed E-state index contributed by atoms with van der Waals surface area (Å²) in [6, 6.07) is 22.7. The number of nitrogens with zero attached hydrogens (tertiary/aromatic N) is 6. The first-order valence-electron chi connectivity index (χ1n) is 14.5. The van der Waals surface area contributed by atoms with Gasteiger partial charge in [-0.2, -0.15) is 0 Å². The van der Waals surface area contributed by atoms with Crippen LogP contribution in [0.15, 0.2) is 101 Å². The molecule has 3 heterocycles. The van der Waals surface area contributed by atoms with Crippen LogP contribution in [0, 0.1) is 10.1 Å². The van der Waals surface area contributed by atoms with Gasteiger partial charge in [0.05, 0.1) is 24.1 Å². The highest BCUT2D eigenvalue weighted by molar-refractivity contribution is 7.89. The van der Waals surface area contributed by atoms with Gasteiger partial charge in [-0.1, -0.05) is 72.8 Å². The zero-order valence-electron chi connectivity index (χ0n) is 25.1. The number of hydrogen-bond donors (Lipinski definition) is 2. The van der Waals surface area contributed by atoms with E-state index in [-0.39, 0.29) is 18.1 Å². The Balaban J connectivity index is 1.23. The molecule has 3 N–H and O–H groups in total. The summed E-state index contributed by atoms with van der Waals surface area (Å²) in [7, 11) is -4.60. The number of aliphatic imine (C=N–C) groups is 1. The van der Waals surface area contributed by atoms with Crippen LogP contribution in [0.1, 0.15) is 22.9 Å². The Hall–Kier alpha value is -5.94. The van der Waals surface area contributed by atoms with Crippen LogP contribution in [-0.4, -0.2) is 87.7 Å². The summed E-state index contributed by atoms with van der Waals surface area (Å²) in [5.74, 6) is -2.46. The molecule has 1 unspecified atom stereocenters. The standard InChI is InChI=1S/C31H28N8O8S/c32-31(30(42)47-27(21-9-3-1-4-10-21)22-11-5-2-6-12-22)28-29(34-19-33-28)35-20-37(31)18-25(40)36-15-16-38(26(41)17-36)48(45,46)24-14-8-7-13-23(24)39(43)44/h1-14,19-20,27H,15-18,32H2,(H,33,34). The molecule has 1 saturated heterocycles. The van der Waals surface area contributed by atoms with E-state index in [1.165, 1.54) is 24.8 Å². The summed E-state index contributed by atoms with van der Waals surface area (Å²) in [5.41, 5.74) is 5.41. The van der Waals surface area contributed by atoms with Gasteiger partial charge in [0.2, 0.25) is 11.6 Å². The van der Waals surface area contributed by atoms with E-state index in [1.54, 1.807) is 48.5 Å². The number of benzene rings is 3. The molecule has 246 valence electrons. The number of nitro benzene ring substituents is 1. The lowest BCUT2D eigenvalue weighted by molar-refractivity contribution is -0.387. The molecular weight excluding hydrogens is 644 g/mol. The highest BCUT2D eigenvalue weighted by Gasteiger charge is 2.50. The van der Waals surface area contributed by atoms with Crippen LogP contribution in [0.25, 0.3) is 0 Å². The number of fused-ring (bicyclic) bond motifs is 1. The summed E-state index contributed by atoms with van der Waals surface area (Å²) < 4.78 is 33.1. The lowest BCUT2D eigenvalue weighted by Gasteiger charge is -2.40. The molecule has 3 aromatic carbocycles. The van der Waals surface area contributed by atoms with Crippen LogP contribution < -0.4 is 5.73 Å². The Kier molecular flexibility index (Phi) is 8.46. The summed E-state index contributed by atoms with van der Waals surface area (Å²) in [6.45, 7) is -1.88. The molecule has 0 saturated carbocycles. The Morgan fingerprint density at radius 2 is 1.62 bits per heavy atom. The summed E-state index contributed by atoms with van der Waals surface area (Å²) >= 11 is 0. The van der Waals surface area contributed by atoms with Gasteiger partial charge in [0, 0.05) is 12.6 Å². The van der Waals surface area contributed by atoms with E-state index in [2.05, 4.69) is 15.0 Å². The van der Waals surface area contributed by atoms with Crippen LogP contribution in [0.3, 0.4) is 0 Å². The molecule has 1 fully saturated rings. The lowest BCUT2D eigenvalue weighted by atomic mass is 10.00. The number of carbonyl (C=O) groups excluding carboxylic acids is 3. The van der Waals surface area contributed by atoms with Crippen molar-refractivity contribution in [2.45, 2.75) is 16.7 Å². The first kappa shape index (κ1) is 32.0. The zero-order chi connectivity index (χ0) is 34.1. The van der Waals surface area contributed by atoms with Crippen LogP contribution >= 0.6 is 0 Å². The molecule has 2 aliphatic rings. The number of nitrogens with two attached hydrogens (primary N) is 1. The molecule has 2 aliphatic heterocycles. The van der Waals surface area contributed by atoms with E-state index in [1.807, 2.05) is 12.1 Å². The van der Waals surface area contributed by atoms with E-state index < -0.39 is 74.7 Å². The number of nitro groups is 1. The number of aromatic nitrogens is 2. The van der Waals surface area contributed by atoms with Gasteiger partial charge in [-0.25, -0.2) is 27.5 Å². The number of piperazine rings is 1. The second-order valence-corrected chi connectivity index (χ2v) is 12.7. The molecule has 1 aromatic heterocycles. The Morgan fingerprint density at radius 3 is 2.25 bits per heavy atom. The molecule has 4 aromatic rings. The quantitative estimate of drug-likeness (QED) is 0.149. The highest BCUT2D eigenvalue weighted by atomic mass is 32.2. The molecule has 16 nitrogen and oxygen atoms in total. The number of amides is 2. The summed E-state index contributed by atoms with van der Waals surface area (Å²) in [5, 5.41) is 11.4. The number of nitrogens with one attached hydrogen (secondary N) is 1. The van der Waals surface area contributed by atoms with Gasteiger partial charge in [-0.15, -0.1) is 0 Å². The average Bonchev–Trinajstić information content (AvgIpc) is 3.59. The van der Waals surface area contributed by atoms with E-state index in [4.69, 9.17) is 10.5 Å². The number of H-pyrrole nitrogens is 1. The van der Waals surface area contributed by atoms with Gasteiger partial charge in [-0.3, -0.25) is 25.4 Å². The van der Waals surface area contributed by atoms with Gasteiger partial charge >= 0.3 is 5.97 Å². The maximum atomic E-state index is 14.1. The first-order chi connectivity index (χ1) is 23.0. The van der Waals surface area contributed by atoms with Gasteiger partial charge in [-0.05, 0) is 17.2 Å². The Morgan fingerprint density at radius 1 is 1.00 bits per heavy atom. The van der Waals surface area contributed by atoms with Gasteiger partial charge in [0.1, 0.15) is 18.8 Å². The fourth-order valence-electron chi connectivity index (χ4n) is 5.51. The molecule has 1 atom stereocenters. The lowest BCUT2D eigenvalue weighted by Crippen LogP contribution is -2.63. The second kappa shape index (κ2) is 12.7. The number of esters is 1. The predicted molar refractivity (Wildman–Crippen MR) is 169 cm³/mol. The molecule has 0 aliphatic carbocycles. The van der Waals surface area contributed by atoms with E-state index in [0.29, 0.717) is 15.4 Å². The third-order valence-corrected chi connectivity index (χ3v) is 9.85. The number of para-hydroxylation sites is 1. The van der Waals surface area contributed by atoms with Crippen molar-refractivity contribution in [3.8, 4) is 0 Å². The Labute approximate surface area is 273 Å². The van der Waals surface area contributed by atoms with Crippen molar-refractivity contribution in [2.24, 2.45) is 10.7 Å². The fourth-order valence-corrected chi connectivity index (χ4v) is 7.05. The van der Waals surface area contributed by atoms with Crippen LogP contribution in [-0.2, 0) is 34.8 Å². The monoisotopic (exact) mass is 672 g/mol. The zero-order valence-corrected chi connectivity index (χ0v) is 25.9. The van der Waals surface area contributed by atoms with Crippen molar-refractivity contribution in [2.75, 3.05) is 26.2 Å². The minimum absolute atomic E-state index is 0.0686. The summed E-state index contributed by atoms with van der Waals surface area (Å²) in [6.07, 6.45) is 1.61. The minimum atomic E-state index is -4.60. The van der Waals surface area contributed by atoms with Crippen LogP contribution in [0.5, 0.6) is 0 Å². The van der Waals surface area contributed by atoms with Crippen molar-refractivity contribution >= 4 is 45.7 Å². The smallest absolute Gasteiger partial charge is 0.354 e. The third-order valence-electron chi connectivity index (χ3n) is 7.98. The molecule has 17 heteroatoms. The average molecular weight is 673 g/mol. The number of rotatable bonds is 9. The topological polar surface area (TPSA) is 214 Å². The minimum Gasteiger partial charge on any atom is -0.449 e. The Bertz CT molecular complexity index is 1980. The molecule has 0 bridgehead atoms. The van der Waals surface area contributed by atoms with Gasteiger partial charge in [0.25, 0.3) is 21.6 Å². The van der Waals surface area contributed by atoms with Crippen LogP contribution in [0.4, 0.5) is 11.5 Å². The largest absolute Gasteiger partial charge is 0.449 e. The number of sulfonamides is 1. The van der Waals surface area contributed by atoms with Crippen molar-refractivity contribution in [1.29, 1.82) is 0 Å². The number of hydrogen-bond acceptors (Lipinski definition) is 12. The van der Waals surface area contributed by atoms with Crippen molar-refractivity contribution in [3.05, 3.63) is 118 Å². The predicted octanol–water partition coefficient (Wildman–Crippen LogP) is 1.80. The summed E-state index contributed by atoms with van der Waals surface area (Å²) in [4.78, 5) is 64.2. The maximum Gasteiger partial charge on any atom is 0.354 e. The maximum absolute atomic E-state index is 14.1. The van der Waals surface area contributed by atoms with E-state index in [0.717, 1.165) is 21.9 Å². The molecule has 48 heavy (non-hydrogen) atoms. The normalized spacial score (nSPS) is 17.7. The fraction of sp³-hybridized carbons (Fsp3) is 0.194. The highest BCUT2D eigenvalue weighted by Crippen LogP contribution is 2.36. The molecule has 0 spiro atoms. The van der Waals surface area contributed by atoms with Crippen LogP contribution in [0.2, 0.25) is 0 Å². The van der Waals surface area contributed by atoms with Gasteiger partial charge in [0.15, 0.2) is 16.8 Å². The SMILES string of the molecule is NC1(C(=O)OC(c2ccccc2)c2ccccc2)c2[nH]cnc2N=CN1CC(=O)N1CCN(S(=O)(=O)c2ccccc2[N+](=O)[O-])C(=O)C1. The number of aromatic amines is 1. The number of carbonyl (C=O) groups is 3. The third kappa shape index (κ3) is 5.75. The van der Waals surface area contributed by atoms with E-state index in [9.17, 15) is 32.9 Å². The molecule has 2 amide bonds. The van der Waals surface area contributed by atoms with E-state index >= 15 is 0 Å². The van der Waals surface area contributed by atoms with Crippen molar-refractivity contribution in [1.82, 2.24) is 24.1 Å². The van der Waals surface area contributed by atoms with Crippen molar-refractivity contribution < 1.29 is 32.5 Å². The second-order valence-electron chi connectivity index (χ2n) is 10.9. The molecule has 0 radical (unpaired) electrons. The number of imidazole rings is 1.